The summed E-state index contributed by atoms with van der Waals surface area (Å²) in [7, 11) is 0. The van der Waals surface area contributed by atoms with E-state index in [1.165, 1.54) is 18.6 Å². The summed E-state index contributed by atoms with van der Waals surface area (Å²) in [4.78, 5) is 89.4. The second kappa shape index (κ2) is 14.9. The van der Waals surface area contributed by atoms with Crippen LogP contribution in [0, 0.1) is 23.7 Å². The van der Waals surface area contributed by atoms with Crippen LogP contribution < -0.4 is 21.3 Å². The normalized spacial score (nSPS) is 22.7. The SMILES string of the molecule is CCCC(NC(=O)C1[C@H]2CCC[C@H]2CN1C(=O)C(NC(=O)[C@H](NC(=O)c1cnccn1)C(C)C)C(C)C)C(=O)C(=O)NC1CC1. The Morgan fingerprint density at radius 2 is 1.62 bits per heavy atom. The van der Waals surface area contributed by atoms with Gasteiger partial charge in [-0.05, 0) is 55.8 Å². The van der Waals surface area contributed by atoms with E-state index in [4.69, 9.17) is 0 Å². The van der Waals surface area contributed by atoms with Crippen molar-refractivity contribution >= 4 is 35.3 Å². The maximum Gasteiger partial charge on any atom is 0.289 e. The highest BCUT2D eigenvalue weighted by molar-refractivity contribution is 6.38. The highest BCUT2D eigenvalue weighted by atomic mass is 16.2. The molecule has 0 aromatic carbocycles. The highest BCUT2D eigenvalue weighted by Gasteiger charge is 2.51. The zero-order valence-corrected chi connectivity index (χ0v) is 26.9. The molecule has 246 valence electrons. The molecule has 1 aromatic heterocycles. The molecule has 3 unspecified atom stereocenters. The molecule has 1 aliphatic heterocycles. The fourth-order valence-electron chi connectivity index (χ4n) is 6.43. The van der Waals surface area contributed by atoms with Crippen LogP contribution in [0.4, 0.5) is 0 Å². The monoisotopic (exact) mass is 625 g/mol. The van der Waals surface area contributed by atoms with Gasteiger partial charge in [-0.15, -0.1) is 0 Å². The summed E-state index contributed by atoms with van der Waals surface area (Å²) in [5, 5.41) is 11.1. The zero-order valence-electron chi connectivity index (χ0n) is 26.9. The Kier molecular flexibility index (Phi) is 11.3. The predicted molar refractivity (Wildman–Crippen MR) is 164 cm³/mol. The number of rotatable bonds is 14. The van der Waals surface area contributed by atoms with Gasteiger partial charge in [-0.1, -0.05) is 47.5 Å². The van der Waals surface area contributed by atoms with Crippen LogP contribution in [0.2, 0.25) is 0 Å². The number of nitrogens with one attached hydrogen (secondary N) is 4. The Balaban J connectivity index is 1.50. The van der Waals surface area contributed by atoms with Crippen molar-refractivity contribution in [1.82, 2.24) is 36.1 Å². The molecule has 3 fully saturated rings. The minimum Gasteiger partial charge on any atom is -0.347 e. The molecule has 2 saturated carbocycles. The molecule has 1 aromatic rings. The van der Waals surface area contributed by atoms with Crippen LogP contribution in [-0.4, -0.2) is 86.9 Å². The van der Waals surface area contributed by atoms with Crippen molar-refractivity contribution in [3.05, 3.63) is 24.3 Å². The molecule has 13 heteroatoms. The van der Waals surface area contributed by atoms with Crippen LogP contribution in [0.15, 0.2) is 18.6 Å². The summed E-state index contributed by atoms with van der Waals surface area (Å²) < 4.78 is 0. The van der Waals surface area contributed by atoms with Crippen LogP contribution in [0.25, 0.3) is 0 Å². The zero-order chi connectivity index (χ0) is 32.8. The minimum absolute atomic E-state index is 0.0143. The summed E-state index contributed by atoms with van der Waals surface area (Å²) in [6, 6.07) is -3.70. The molecule has 4 rings (SSSR count). The van der Waals surface area contributed by atoms with Gasteiger partial charge in [0.1, 0.15) is 23.8 Å². The first kappa shape index (κ1) is 34.0. The predicted octanol–water partition coefficient (Wildman–Crippen LogP) is 1.13. The van der Waals surface area contributed by atoms with Crippen LogP contribution in [-0.2, 0) is 24.0 Å². The van der Waals surface area contributed by atoms with E-state index in [2.05, 4.69) is 31.2 Å². The molecule has 0 radical (unpaired) electrons. The van der Waals surface area contributed by atoms with E-state index in [0.29, 0.717) is 19.4 Å². The van der Waals surface area contributed by atoms with E-state index in [0.717, 1.165) is 32.1 Å². The van der Waals surface area contributed by atoms with Crippen LogP contribution in [0.1, 0.15) is 90.1 Å². The largest absolute Gasteiger partial charge is 0.347 e. The van der Waals surface area contributed by atoms with Gasteiger partial charge < -0.3 is 26.2 Å². The average molecular weight is 626 g/mol. The molecule has 5 amide bonds. The number of hydrogen-bond acceptors (Lipinski definition) is 8. The second-order valence-electron chi connectivity index (χ2n) is 13.3. The first-order chi connectivity index (χ1) is 21.4. The van der Waals surface area contributed by atoms with Crippen molar-refractivity contribution in [2.45, 2.75) is 110 Å². The number of hydrogen-bond donors (Lipinski definition) is 4. The van der Waals surface area contributed by atoms with Crippen LogP contribution in [0.5, 0.6) is 0 Å². The quantitative estimate of drug-likeness (QED) is 0.222. The number of amides is 5. The molecule has 2 heterocycles. The Labute approximate surface area is 264 Å². The lowest BCUT2D eigenvalue weighted by Gasteiger charge is -2.33. The Morgan fingerprint density at radius 1 is 0.911 bits per heavy atom. The number of carbonyl (C=O) groups is 6. The first-order valence-corrected chi connectivity index (χ1v) is 16.3. The smallest absolute Gasteiger partial charge is 0.289 e. The topological polar surface area (TPSA) is 180 Å². The van der Waals surface area contributed by atoms with Gasteiger partial charge in [0, 0.05) is 25.0 Å². The van der Waals surface area contributed by atoms with Gasteiger partial charge >= 0.3 is 0 Å². The minimum atomic E-state index is -0.982. The van der Waals surface area contributed by atoms with E-state index in [-0.39, 0.29) is 41.3 Å². The lowest BCUT2D eigenvalue weighted by Crippen LogP contribution is -2.60. The molecule has 0 spiro atoms. The van der Waals surface area contributed by atoms with Crippen molar-refractivity contribution in [1.29, 1.82) is 0 Å². The first-order valence-electron chi connectivity index (χ1n) is 16.3. The van der Waals surface area contributed by atoms with Crippen molar-refractivity contribution < 1.29 is 28.8 Å². The highest BCUT2D eigenvalue weighted by Crippen LogP contribution is 2.42. The molecule has 0 bridgehead atoms. The van der Waals surface area contributed by atoms with Crippen molar-refractivity contribution in [3.63, 3.8) is 0 Å². The van der Waals surface area contributed by atoms with Crippen LogP contribution in [0.3, 0.4) is 0 Å². The van der Waals surface area contributed by atoms with Gasteiger partial charge in [-0.3, -0.25) is 33.8 Å². The Morgan fingerprint density at radius 3 is 2.22 bits per heavy atom. The lowest BCUT2D eigenvalue weighted by atomic mass is 9.92. The third-order valence-electron chi connectivity index (χ3n) is 9.05. The number of Topliss-reactive ketones (excluding diaryl/α,β-unsaturated/α-hetero) is 1. The van der Waals surface area contributed by atoms with Crippen LogP contribution >= 0.6 is 0 Å². The number of carbonyl (C=O) groups excluding carboxylic acids is 6. The lowest BCUT2D eigenvalue weighted by molar-refractivity contribution is -0.145. The van der Waals surface area contributed by atoms with Gasteiger partial charge in [-0.2, -0.15) is 0 Å². The fraction of sp³-hybridized carbons (Fsp3) is 0.688. The molecule has 4 N–H and O–H groups in total. The summed E-state index contributed by atoms with van der Waals surface area (Å²) in [5.74, 6) is -3.87. The molecular formula is C32H47N7O6. The summed E-state index contributed by atoms with van der Waals surface area (Å²) in [6.07, 6.45) is 9.28. The maximum atomic E-state index is 14.2. The van der Waals surface area contributed by atoms with Crippen molar-refractivity contribution in [2.75, 3.05) is 6.54 Å². The number of aromatic nitrogens is 2. The molecule has 45 heavy (non-hydrogen) atoms. The van der Waals surface area contributed by atoms with E-state index < -0.39 is 53.6 Å². The molecular weight excluding hydrogens is 578 g/mol. The summed E-state index contributed by atoms with van der Waals surface area (Å²) in [6.45, 7) is 9.44. The average Bonchev–Trinajstić information content (AvgIpc) is 3.57. The number of fused-ring (bicyclic) bond motifs is 1. The standard InChI is InChI=1S/C32H47N7O6/c1-6-8-22(27(40)31(44)35-20-11-12-20)36-30(43)26-21-10-7-9-19(21)16-39(26)32(45)25(18(4)5)38-29(42)24(17(2)3)37-28(41)23-15-33-13-14-34-23/h13-15,17-22,24-26H,6-12,16H2,1-5H3,(H,35,44)(H,36,43)(H,37,41)(H,38,42)/t19-,21-,22?,24+,25?,26?/m0/s1. The third kappa shape index (κ3) is 8.23. The maximum absolute atomic E-state index is 14.2. The van der Waals surface area contributed by atoms with E-state index >= 15 is 0 Å². The van der Waals surface area contributed by atoms with Gasteiger partial charge in [-0.25, -0.2) is 4.98 Å². The van der Waals surface area contributed by atoms with E-state index in [9.17, 15) is 28.8 Å². The van der Waals surface area contributed by atoms with Gasteiger partial charge in [0.2, 0.25) is 23.5 Å². The summed E-state index contributed by atoms with van der Waals surface area (Å²) >= 11 is 0. The van der Waals surface area contributed by atoms with E-state index in [1.807, 2.05) is 20.8 Å². The molecule has 2 aliphatic carbocycles. The van der Waals surface area contributed by atoms with Crippen molar-refractivity contribution in [3.8, 4) is 0 Å². The Bertz CT molecular complexity index is 1270. The van der Waals surface area contributed by atoms with Crippen molar-refractivity contribution in [2.24, 2.45) is 23.7 Å². The second-order valence-corrected chi connectivity index (χ2v) is 13.3. The number of ketones is 1. The van der Waals surface area contributed by atoms with Gasteiger partial charge in [0.05, 0.1) is 12.2 Å². The Hall–Kier alpha value is -3.90. The molecule has 3 aliphatic rings. The third-order valence-corrected chi connectivity index (χ3v) is 9.05. The fourth-order valence-corrected chi connectivity index (χ4v) is 6.43. The number of nitrogens with zero attached hydrogens (tertiary/aromatic N) is 3. The molecule has 6 atom stereocenters. The number of likely N-dealkylation sites (tertiary alicyclic amines) is 1. The van der Waals surface area contributed by atoms with Gasteiger partial charge in [0.25, 0.3) is 11.8 Å². The molecule has 1 saturated heterocycles. The van der Waals surface area contributed by atoms with E-state index in [1.54, 1.807) is 18.7 Å². The van der Waals surface area contributed by atoms with Gasteiger partial charge in [0.15, 0.2) is 0 Å². The molecule has 13 nitrogen and oxygen atoms in total. The summed E-state index contributed by atoms with van der Waals surface area (Å²) in [5.41, 5.74) is 0.0646.